The molecule has 0 atom stereocenters. The fourth-order valence-corrected chi connectivity index (χ4v) is 4.06. The molecule has 0 aromatic heterocycles. The number of nitrogens with one attached hydrogen (secondary N) is 1. The van der Waals surface area contributed by atoms with Crippen LogP contribution in [-0.4, -0.2) is 36.4 Å². The van der Waals surface area contributed by atoms with Crippen LogP contribution in [0.15, 0.2) is 72.4 Å². The van der Waals surface area contributed by atoms with Gasteiger partial charge in [0.15, 0.2) is 0 Å². The van der Waals surface area contributed by atoms with E-state index in [4.69, 9.17) is 4.74 Å². The summed E-state index contributed by atoms with van der Waals surface area (Å²) >= 11 is 0. The van der Waals surface area contributed by atoms with Crippen LogP contribution in [-0.2, 0) is 4.79 Å². The van der Waals surface area contributed by atoms with Crippen molar-refractivity contribution in [3.05, 3.63) is 83.6 Å². The average molecular weight is 429 g/mol. The van der Waals surface area contributed by atoms with E-state index >= 15 is 0 Å². The monoisotopic (exact) mass is 428 g/mol. The summed E-state index contributed by atoms with van der Waals surface area (Å²) in [4.78, 5) is 28.1. The summed E-state index contributed by atoms with van der Waals surface area (Å²) < 4.78 is 5.78. The Morgan fingerprint density at radius 2 is 1.59 bits per heavy atom. The van der Waals surface area contributed by atoms with Crippen LogP contribution in [0.5, 0.6) is 5.75 Å². The first-order chi connectivity index (χ1) is 15.7. The standard InChI is InChI=1S/C27H28N2O3/c1-2-32-25-16-15-21(22-13-7-8-14-23(22)25)19-24(27(31)29-17-9-4-10-18-29)28-26(30)20-11-5-3-6-12-20/h3,5-8,11-16,19H,2,4,9-10,17-18H2,1H3,(H,28,30)/b24-19+. The third-order valence-electron chi connectivity index (χ3n) is 5.68. The maximum absolute atomic E-state index is 13.4. The van der Waals surface area contributed by atoms with Gasteiger partial charge in [0.1, 0.15) is 11.4 Å². The van der Waals surface area contributed by atoms with E-state index < -0.39 is 0 Å². The van der Waals surface area contributed by atoms with Gasteiger partial charge in [-0.25, -0.2) is 0 Å². The molecule has 0 radical (unpaired) electrons. The van der Waals surface area contributed by atoms with E-state index in [0.29, 0.717) is 25.3 Å². The molecule has 2 amide bonds. The van der Waals surface area contributed by atoms with Gasteiger partial charge in [-0.1, -0.05) is 48.5 Å². The minimum absolute atomic E-state index is 0.146. The summed E-state index contributed by atoms with van der Waals surface area (Å²) in [5.41, 5.74) is 1.66. The molecule has 164 valence electrons. The van der Waals surface area contributed by atoms with E-state index in [9.17, 15) is 9.59 Å². The molecule has 32 heavy (non-hydrogen) atoms. The minimum atomic E-state index is -0.294. The fraction of sp³-hybridized carbons (Fsp3) is 0.259. The van der Waals surface area contributed by atoms with E-state index in [1.54, 1.807) is 18.2 Å². The Morgan fingerprint density at radius 1 is 0.906 bits per heavy atom. The predicted octanol–water partition coefficient (Wildman–Crippen LogP) is 5.02. The van der Waals surface area contributed by atoms with Crippen LogP contribution < -0.4 is 10.1 Å². The van der Waals surface area contributed by atoms with Crippen molar-refractivity contribution in [3.63, 3.8) is 0 Å². The lowest BCUT2D eigenvalue weighted by atomic mass is 10.0. The number of nitrogens with zero attached hydrogens (tertiary/aromatic N) is 1. The Bertz CT molecular complexity index is 1130. The van der Waals surface area contributed by atoms with Crippen LogP contribution in [0.4, 0.5) is 0 Å². The van der Waals surface area contributed by atoms with Gasteiger partial charge in [-0.3, -0.25) is 9.59 Å². The first-order valence-electron chi connectivity index (χ1n) is 11.2. The SMILES string of the molecule is CCOc1ccc(/C=C(/NC(=O)c2ccccc2)C(=O)N2CCCCC2)c2ccccc12. The van der Waals surface area contributed by atoms with Crippen molar-refractivity contribution in [1.29, 1.82) is 0 Å². The maximum Gasteiger partial charge on any atom is 0.270 e. The number of ether oxygens (including phenoxy) is 1. The Kier molecular flexibility index (Phi) is 6.85. The first-order valence-corrected chi connectivity index (χ1v) is 11.2. The molecular formula is C27H28N2O3. The normalized spacial score (nSPS) is 14.3. The molecule has 1 aliphatic heterocycles. The largest absolute Gasteiger partial charge is 0.493 e. The second kappa shape index (κ2) is 10.1. The Morgan fingerprint density at radius 3 is 2.31 bits per heavy atom. The number of piperidine rings is 1. The third-order valence-corrected chi connectivity index (χ3v) is 5.68. The molecule has 5 heteroatoms. The lowest BCUT2D eigenvalue weighted by Crippen LogP contribution is -2.41. The number of benzene rings is 3. The number of carbonyl (C=O) groups excluding carboxylic acids is 2. The van der Waals surface area contributed by atoms with Gasteiger partial charge in [0, 0.05) is 24.0 Å². The van der Waals surface area contributed by atoms with Gasteiger partial charge in [0.05, 0.1) is 6.61 Å². The summed E-state index contributed by atoms with van der Waals surface area (Å²) in [6.45, 7) is 3.95. The number of carbonyl (C=O) groups is 2. The van der Waals surface area contributed by atoms with Crippen LogP contribution in [0.3, 0.4) is 0 Å². The minimum Gasteiger partial charge on any atom is -0.493 e. The van der Waals surface area contributed by atoms with Gasteiger partial charge in [0.25, 0.3) is 11.8 Å². The van der Waals surface area contributed by atoms with Crippen LogP contribution >= 0.6 is 0 Å². The zero-order valence-corrected chi connectivity index (χ0v) is 18.3. The van der Waals surface area contributed by atoms with Gasteiger partial charge < -0.3 is 15.0 Å². The summed E-state index contributed by atoms with van der Waals surface area (Å²) in [5.74, 6) is 0.363. The number of rotatable bonds is 6. The highest BCUT2D eigenvalue weighted by Gasteiger charge is 2.22. The van der Waals surface area contributed by atoms with Crippen molar-refractivity contribution in [2.24, 2.45) is 0 Å². The molecule has 5 nitrogen and oxygen atoms in total. The number of fused-ring (bicyclic) bond motifs is 1. The molecule has 4 rings (SSSR count). The highest BCUT2D eigenvalue weighted by molar-refractivity contribution is 6.07. The molecule has 1 N–H and O–H groups in total. The molecule has 1 heterocycles. The Hall–Kier alpha value is -3.60. The maximum atomic E-state index is 13.4. The van der Waals surface area contributed by atoms with Gasteiger partial charge in [-0.05, 0) is 61.4 Å². The molecule has 0 aliphatic carbocycles. The average Bonchev–Trinajstić information content (AvgIpc) is 2.85. The Labute approximate surface area is 188 Å². The summed E-state index contributed by atoms with van der Waals surface area (Å²) in [5, 5.41) is 4.83. The first kappa shape index (κ1) is 21.6. The molecule has 0 bridgehead atoms. The van der Waals surface area contributed by atoms with Gasteiger partial charge >= 0.3 is 0 Å². The smallest absolute Gasteiger partial charge is 0.270 e. The van der Waals surface area contributed by atoms with Crippen LogP contribution in [0.1, 0.15) is 42.1 Å². The topological polar surface area (TPSA) is 58.6 Å². The van der Waals surface area contributed by atoms with E-state index in [0.717, 1.165) is 41.3 Å². The van der Waals surface area contributed by atoms with Gasteiger partial charge in [-0.2, -0.15) is 0 Å². The molecule has 1 saturated heterocycles. The summed E-state index contributed by atoms with van der Waals surface area (Å²) in [7, 11) is 0. The van der Waals surface area contributed by atoms with E-state index in [2.05, 4.69) is 5.32 Å². The third kappa shape index (κ3) is 4.83. The van der Waals surface area contributed by atoms with Crippen LogP contribution in [0.25, 0.3) is 16.8 Å². The highest BCUT2D eigenvalue weighted by atomic mass is 16.5. The quantitative estimate of drug-likeness (QED) is 0.561. The van der Waals surface area contributed by atoms with Crippen LogP contribution in [0, 0.1) is 0 Å². The number of hydrogen-bond donors (Lipinski definition) is 1. The van der Waals surface area contributed by atoms with Gasteiger partial charge in [-0.15, -0.1) is 0 Å². The molecule has 1 fully saturated rings. The molecule has 3 aromatic carbocycles. The highest BCUT2D eigenvalue weighted by Crippen LogP contribution is 2.30. The number of amides is 2. The lowest BCUT2D eigenvalue weighted by molar-refractivity contribution is -0.128. The van der Waals surface area contributed by atoms with Crippen LogP contribution in [0.2, 0.25) is 0 Å². The molecule has 3 aromatic rings. The molecular weight excluding hydrogens is 400 g/mol. The Balaban J connectivity index is 1.74. The predicted molar refractivity (Wildman–Crippen MR) is 127 cm³/mol. The molecule has 0 unspecified atom stereocenters. The van der Waals surface area contributed by atoms with Crippen molar-refractivity contribution in [2.45, 2.75) is 26.2 Å². The van der Waals surface area contributed by atoms with Crippen molar-refractivity contribution in [3.8, 4) is 5.75 Å². The zero-order chi connectivity index (χ0) is 22.3. The molecule has 1 aliphatic rings. The summed E-state index contributed by atoms with van der Waals surface area (Å²) in [6, 6.07) is 20.8. The van der Waals surface area contributed by atoms with Crippen molar-refractivity contribution < 1.29 is 14.3 Å². The van der Waals surface area contributed by atoms with E-state index in [1.807, 2.05) is 66.4 Å². The van der Waals surface area contributed by atoms with Gasteiger partial charge in [0.2, 0.25) is 0 Å². The van der Waals surface area contributed by atoms with E-state index in [-0.39, 0.29) is 17.5 Å². The number of likely N-dealkylation sites (tertiary alicyclic amines) is 1. The fourth-order valence-electron chi connectivity index (χ4n) is 4.06. The lowest BCUT2D eigenvalue weighted by Gasteiger charge is -2.28. The summed E-state index contributed by atoms with van der Waals surface area (Å²) in [6.07, 6.45) is 4.88. The molecule has 0 saturated carbocycles. The van der Waals surface area contributed by atoms with Crippen molar-refractivity contribution in [2.75, 3.05) is 19.7 Å². The molecule has 0 spiro atoms. The van der Waals surface area contributed by atoms with Crippen molar-refractivity contribution in [1.82, 2.24) is 10.2 Å². The second-order valence-electron chi connectivity index (χ2n) is 7.86. The zero-order valence-electron chi connectivity index (χ0n) is 18.3. The van der Waals surface area contributed by atoms with E-state index in [1.165, 1.54) is 0 Å². The second-order valence-corrected chi connectivity index (χ2v) is 7.86. The number of hydrogen-bond acceptors (Lipinski definition) is 3. The van der Waals surface area contributed by atoms with Crippen molar-refractivity contribution >= 4 is 28.7 Å².